The van der Waals surface area contributed by atoms with E-state index in [1.807, 2.05) is 0 Å². The predicted molar refractivity (Wildman–Crippen MR) is 97.3 cm³/mol. The molecule has 0 aliphatic carbocycles. The third-order valence-electron chi connectivity index (χ3n) is 4.94. The molecule has 4 atom stereocenters. The van der Waals surface area contributed by atoms with E-state index in [0.717, 1.165) is 0 Å². The number of halogens is 1. The molecule has 2 aliphatic heterocycles. The van der Waals surface area contributed by atoms with Crippen molar-refractivity contribution >= 4 is 17.7 Å². The van der Waals surface area contributed by atoms with E-state index in [4.69, 9.17) is 14.2 Å². The number of β-amino-alcohol motifs (C(OH)–C–C–N with tert-alkyl or cyclic N) is 1. The number of ether oxygens (including phenoxy) is 3. The number of amides is 2. The summed E-state index contributed by atoms with van der Waals surface area (Å²) in [6.07, 6.45) is -0.302. The lowest BCUT2D eigenvalue weighted by molar-refractivity contribution is -0.159. The number of urea groups is 1. The predicted octanol–water partition coefficient (Wildman–Crippen LogP) is 1.53. The van der Waals surface area contributed by atoms with E-state index in [2.05, 4.69) is 5.32 Å². The van der Waals surface area contributed by atoms with Gasteiger partial charge in [-0.15, -0.1) is 0 Å². The van der Waals surface area contributed by atoms with Crippen LogP contribution >= 0.6 is 0 Å². The van der Waals surface area contributed by atoms with Crippen molar-refractivity contribution in [2.45, 2.75) is 43.6 Å². The van der Waals surface area contributed by atoms with Crippen molar-refractivity contribution in [3.8, 4) is 0 Å². The molecule has 0 unspecified atom stereocenters. The first-order chi connectivity index (χ1) is 13.5. The smallest absolute Gasteiger partial charge is 0.322 e. The second-order valence-electron chi connectivity index (χ2n) is 7.01. The van der Waals surface area contributed by atoms with Crippen LogP contribution in [0.1, 0.15) is 19.3 Å². The highest BCUT2D eigenvalue weighted by Crippen LogP contribution is 2.28. The minimum Gasteiger partial charge on any atom is -0.469 e. The SMILES string of the molecule is COC(=O)C[C@H]1CC[C@H]2[C@@H](COC[C@H](O)CN2C(=O)Nc2cccc(F)c2)O1. The molecule has 0 spiro atoms. The molecule has 28 heavy (non-hydrogen) atoms. The van der Waals surface area contributed by atoms with Gasteiger partial charge in [0.15, 0.2) is 0 Å². The Labute approximate surface area is 162 Å². The summed E-state index contributed by atoms with van der Waals surface area (Å²) in [5.41, 5.74) is 0.328. The zero-order valence-corrected chi connectivity index (χ0v) is 15.7. The van der Waals surface area contributed by atoms with Crippen molar-refractivity contribution < 1.29 is 33.3 Å². The Kier molecular flexibility index (Phi) is 6.82. The van der Waals surface area contributed by atoms with Crippen molar-refractivity contribution in [1.29, 1.82) is 0 Å². The lowest BCUT2D eigenvalue weighted by Crippen LogP contribution is -2.58. The number of aliphatic hydroxyl groups is 1. The molecule has 154 valence electrons. The van der Waals surface area contributed by atoms with Crippen molar-refractivity contribution in [1.82, 2.24) is 4.90 Å². The molecule has 8 nitrogen and oxygen atoms in total. The van der Waals surface area contributed by atoms with Crippen molar-refractivity contribution in [3.05, 3.63) is 30.1 Å². The van der Waals surface area contributed by atoms with Crippen molar-refractivity contribution in [2.24, 2.45) is 0 Å². The van der Waals surface area contributed by atoms with Gasteiger partial charge in [-0.2, -0.15) is 0 Å². The van der Waals surface area contributed by atoms with E-state index >= 15 is 0 Å². The fourth-order valence-electron chi connectivity index (χ4n) is 3.61. The Morgan fingerprint density at radius 3 is 2.93 bits per heavy atom. The number of rotatable bonds is 3. The Balaban J connectivity index is 1.72. The average molecular weight is 396 g/mol. The fraction of sp³-hybridized carbons (Fsp3) is 0.579. The molecule has 2 fully saturated rings. The summed E-state index contributed by atoms with van der Waals surface area (Å²) in [5.74, 6) is -0.810. The molecular formula is C19H25FN2O6. The summed E-state index contributed by atoms with van der Waals surface area (Å²) in [4.78, 5) is 25.9. The normalized spacial score (nSPS) is 27.9. The summed E-state index contributed by atoms with van der Waals surface area (Å²) < 4.78 is 29.6. The van der Waals surface area contributed by atoms with Crippen LogP contribution in [0.25, 0.3) is 0 Å². The van der Waals surface area contributed by atoms with Gasteiger partial charge in [-0.05, 0) is 31.0 Å². The highest BCUT2D eigenvalue weighted by atomic mass is 19.1. The van der Waals surface area contributed by atoms with Crippen LogP contribution in [0.2, 0.25) is 0 Å². The van der Waals surface area contributed by atoms with Gasteiger partial charge >= 0.3 is 12.0 Å². The Morgan fingerprint density at radius 2 is 2.18 bits per heavy atom. The first kappa shape index (κ1) is 20.5. The molecule has 1 aromatic carbocycles. The first-order valence-electron chi connectivity index (χ1n) is 9.27. The van der Waals surface area contributed by atoms with E-state index in [-0.39, 0.29) is 44.3 Å². The molecule has 2 amide bonds. The van der Waals surface area contributed by atoms with Gasteiger partial charge in [-0.1, -0.05) is 6.07 Å². The lowest BCUT2D eigenvalue weighted by Gasteiger charge is -2.44. The van der Waals surface area contributed by atoms with Gasteiger partial charge in [0, 0.05) is 5.69 Å². The van der Waals surface area contributed by atoms with Crippen molar-refractivity contribution in [3.63, 3.8) is 0 Å². The molecule has 0 bridgehead atoms. The van der Waals surface area contributed by atoms with E-state index in [1.165, 1.54) is 30.2 Å². The van der Waals surface area contributed by atoms with Crippen LogP contribution in [0, 0.1) is 5.82 Å². The van der Waals surface area contributed by atoms with E-state index in [9.17, 15) is 19.1 Å². The molecule has 2 N–H and O–H groups in total. The summed E-state index contributed by atoms with van der Waals surface area (Å²) in [5, 5.41) is 12.8. The maximum absolute atomic E-state index is 13.4. The van der Waals surface area contributed by atoms with Crippen LogP contribution in [0.5, 0.6) is 0 Å². The van der Waals surface area contributed by atoms with Gasteiger partial charge in [-0.25, -0.2) is 9.18 Å². The molecule has 2 aliphatic rings. The topological polar surface area (TPSA) is 97.3 Å². The van der Waals surface area contributed by atoms with Gasteiger partial charge < -0.3 is 29.5 Å². The summed E-state index contributed by atoms with van der Waals surface area (Å²) in [6, 6.07) is 4.83. The Morgan fingerprint density at radius 1 is 1.36 bits per heavy atom. The number of fused-ring (bicyclic) bond motifs is 1. The molecule has 2 saturated heterocycles. The van der Waals surface area contributed by atoms with Gasteiger partial charge in [-0.3, -0.25) is 4.79 Å². The number of esters is 1. The van der Waals surface area contributed by atoms with Gasteiger partial charge in [0.2, 0.25) is 0 Å². The van der Waals surface area contributed by atoms with Gasteiger partial charge in [0.05, 0.1) is 51.5 Å². The average Bonchev–Trinajstić information content (AvgIpc) is 2.65. The zero-order valence-electron chi connectivity index (χ0n) is 15.7. The number of carbonyl (C=O) groups is 2. The second kappa shape index (κ2) is 9.31. The molecule has 1 aromatic rings. The maximum atomic E-state index is 13.4. The van der Waals surface area contributed by atoms with E-state index in [0.29, 0.717) is 18.5 Å². The lowest BCUT2D eigenvalue weighted by atomic mass is 9.95. The molecule has 0 aromatic heterocycles. The molecule has 2 heterocycles. The highest BCUT2D eigenvalue weighted by molar-refractivity contribution is 5.89. The fourth-order valence-corrected chi connectivity index (χ4v) is 3.61. The first-order valence-corrected chi connectivity index (χ1v) is 9.27. The molecule has 3 rings (SSSR count). The molecule has 0 saturated carbocycles. The minimum absolute atomic E-state index is 0.0628. The number of hydrogen-bond donors (Lipinski definition) is 2. The quantitative estimate of drug-likeness (QED) is 0.752. The monoisotopic (exact) mass is 396 g/mol. The number of anilines is 1. The largest absolute Gasteiger partial charge is 0.469 e. The van der Waals surface area contributed by atoms with Crippen LogP contribution < -0.4 is 5.32 Å². The number of carbonyl (C=O) groups excluding carboxylic acids is 2. The summed E-state index contributed by atoms with van der Waals surface area (Å²) in [6.45, 7) is 0.328. The number of nitrogens with zero attached hydrogens (tertiary/aromatic N) is 1. The number of nitrogens with one attached hydrogen (secondary N) is 1. The van der Waals surface area contributed by atoms with E-state index < -0.39 is 24.1 Å². The highest BCUT2D eigenvalue weighted by Gasteiger charge is 2.40. The molecular weight excluding hydrogens is 371 g/mol. The molecule has 0 radical (unpaired) electrons. The van der Waals surface area contributed by atoms with Crippen LogP contribution in [0.4, 0.5) is 14.9 Å². The Bertz CT molecular complexity index is 703. The van der Waals surface area contributed by atoms with Gasteiger partial charge in [0.25, 0.3) is 0 Å². The van der Waals surface area contributed by atoms with Crippen molar-refractivity contribution in [2.75, 3.05) is 32.2 Å². The second-order valence-corrected chi connectivity index (χ2v) is 7.01. The minimum atomic E-state index is -0.841. The summed E-state index contributed by atoms with van der Waals surface area (Å²) in [7, 11) is 1.33. The van der Waals surface area contributed by atoms with Crippen LogP contribution in [-0.4, -0.2) is 73.2 Å². The van der Waals surface area contributed by atoms with E-state index in [1.54, 1.807) is 6.07 Å². The van der Waals surface area contributed by atoms with Crippen LogP contribution in [-0.2, 0) is 19.0 Å². The number of hydrogen-bond acceptors (Lipinski definition) is 6. The molecule has 9 heteroatoms. The maximum Gasteiger partial charge on any atom is 0.322 e. The number of aliphatic hydroxyl groups excluding tert-OH is 1. The standard InChI is InChI=1S/C19H25FN2O6/c1-26-18(24)8-15-5-6-16-17(28-15)11-27-10-14(23)9-22(16)19(25)21-13-4-2-3-12(20)7-13/h2-4,7,14-17,23H,5-6,8-11H2,1H3,(H,21,25)/t14-,15-,16+,17-/m1/s1. The third kappa shape index (κ3) is 5.18. The number of methoxy groups -OCH3 is 1. The summed E-state index contributed by atoms with van der Waals surface area (Å²) >= 11 is 0. The van der Waals surface area contributed by atoms with Gasteiger partial charge in [0.1, 0.15) is 11.9 Å². The third-order valence-corrected chi connectivity index (χ3v) is 4.94. The van der Waals surface area contributed by atoms with Crippen LogP contribution in [0.15, 0.2) is 24.3 Å². The van der Waals surface area contributed by atoms with Crippen LogP contribution in [0.3, 0.4) is 0 Å². The Hall–Kier alpha value is -2.23. The number of benzene rings is 1. The zero-order chi connectivity index (χ0) is 20.1.